The Morgan fingerprint density at radius 1 is 1.23 bits per heavy atom. The summed E-state index contributed by atoms with van der Waals surface area (Å²) < 4.78 is 8.31. The van der Waals surface area contributed by atoms with Gasteiger partial charge in [0.25, 0.3) is 5.91 Å². The van der Waals surface area contributed by atoms with Crippen molar-refractivity contribution in [3.63, 3.8) is 0 Å². The second kappa shape index (κ2) is 9.43. The van der Waals surface area contributed by atoms with E-state index in [1.165, 1.54) is 0 Å². The number of methoxy groups -OCH3 is 2. The molecule has 0 unspecified atom stereocenters. The molecule has 0 saturated heterocycles. The van der Waals surface area contributed by atoms with Crippen LogP contribution in [0.25, 0.3) is 0 Å². The number of hydrogen-bond donors (Lipinski definition) is 2. The fourth-order valence-corrected chi connectivity index (χ4v) is 2.06. The maximum Gasteiger partial charge on any atom is 0.252 e. The number of benzene rings is 1. The van der Waals surface area contributed by atoms with Gasteiger partial charge in [0.05, 0.1) is 7.11 Å². The highest BCUT2D eigenvalue weighted by molar-refractivity contribution is 6.68. The van der Waals surface area contributed by atoms with Crippen LogP contribution < -0.4 is 15.4 Å². The van der Waals surface area contributed by atoms with Crippen molar-refractivity contribution in [1.82, 2.24) is 10.6 Å². The van der Waals surface area contributed by atoms with Gasteiger partial charge in [-0.25, -0.2) is 0 Å². The molecule has 0 spiro atoms. The first-order valence-electron chi connectivity index (χ1n) is 6.62. The van der Waals surface area contributed by atoms with Gasteiger partial charge in [-0.1, -0.05) is 34.8 Å². The van der Waals surface area contributed by atoms with Crippen LogP contribution >= 0.6 is 34.8 Å². The Hall–Kier alpha value is -0.720. The van der Waals surface area contributed by atoms with Crippen molar-refractivity contribution in [3.05, 3.63) is 29.8 Å². The van der Waals surface area contributed by atoms with Gasteiger partial charge in [0.2, 0.25) is 3.79 Å². The lowest BCUT2D eigenvalue weighted by molar-refractivity contribution is 0.0929. The zero-order chi connectivity index (χ0) is 16.6. The van der Waals surface area contributed by atoms with Gasteiger partial charge in [0.15, 0.2) is 0 Å². The zero-order valence-corrected chi connectivity index (χ0v) is 14.6. The summed E-state index contributed by atoms with van der Waals surface area (Å²) in [6.07, 6.45) is -0.0875. The molecule has 1 rings (SSSR count). The van der Waals surface area contributed by atoms with E-state index in [0.717, 1.165) is 6.42 Å². The van der Waals surface area contributed by atoms with Crippen molar-refractivity contribution >= 4 is 40.7 Å². The second-order valence-electron chi connectivity index (χ2n) is 4.48. The van der Waals surface area contributed by atoms with Gasteiger partial charge < -0.3 is 14.8 Å². The van der Waals surface area contributed by atoms with Crippen molar-refractivity contribution in [1.29, 1.82) is 0 Å². The molecule has 1 aromatic rings. The lowest BCUT2D eigenvalue weighted by atomic mass is 10.2. The van der Waals surface area contributed by atoms with E-state index in [9.17, 15) is 4.79 Å². The van der Waals surface area contributed by atoms with Crippen LogP contribution in [0.2, 0.25) is 0 Å². The van der Waals surface area contributed by atoms with Crippen molar-refractivity contribution in [3.8, 4) is 5.75 Å². The van der Waals surface area contributed by atoms with Crippen LogP contribution in [0.1, 0.15) is 16.8 Å². The Balaban J connectivity index is 2.65. The van der Waals surface area contributed by atoms with Gasteiger partial charge in [-0.2, -0.15) is 0 Å². The highest BCUT2D eigenvalue weighted by atomic mass is 35.6. The number of carbonyl (C=O) groups is 1. The molecule has 0 fully saturated rings. The Bertz CT molecular complexity index is 463. The van der Waals surface area contributed by atoms with Crippen LogP contribution in [-0.2, 0) is 4.74 Å². The smallest absolute Gasteiger partial charge is 0.252 e. The zero-order valence-electron chi connectivity index (χ0n) is 12.4. The summed E-state index contributed by atoms with van der Waals surface area (Å²) >= 11 is 17.7. The van der Waals surface area contributed by atoms with E-state index in [4.69, 9.17) is 44.3 Å². The topological polar surface area (TPSA) is 59.6 Å². The predicted octanol–water partition coefficient (Wildman–Crippen LogP) is 2.75. The molecular formula is C14H19Cl3N2O3. The summed E-state index contributed by atoms with van der Waals surface area (Å²) in [6, 6.07) is 6.64. The molecule has 1 aromatic carbocycles. The normalized spacial score (nSPS) is 12.8. The molecule has 1 amide bonds. The van der Waals surface area contributed by atoms with E-state index >= 15 is 0 Å². The molecule has 0 bridgehead atoms. The molecule has 2 N–H and O–H groups in total. The Labute approximate surface area is 145 Å². The molecule has 8 heteroatoms. The quantitative estimate of drug-likeness (QED) is 0.420. The van der Waals surface area contributed by atoms with Gasteiger partial charge in [-0.3, -0.25) is 10.1 Å². The molecule has 22 heavy (non-hydrogen) atoms. The van der Waals surface area contributed by atoms with Crippen molar-refractivity contribution in [2.45, 2.75) is 16.4 Å². The Morgan fingerprint density at radius 3 is 2.36 bits per heavy atom. The molecule has 0 radical (unpaired) electrons. The van der Waals surface area contributed by atoms with Crippen LogP contribution in [-0.4, -0.2) is 43.2 Å². The van der Waals surface area contributed by atoms with Gasteiger partial charge in [0, 0.05) is 19.3 Å². The van der Waals surface area contributed by atoms with Crippen LogP contribution in [0.5, 0.6) is 5.75 Å². The highest BCUT2D eigenvalue weighted by Crippen LogP contribution is 2.29. The number of nitrogens with one attached hydrogen (secondary N) is 2. The van der Waals surface area contributed by atoms with Crippen molar-refractivity contribution in [2.24, 2.45) is 0 Å². The first-order valence-corrected chi connectivity index (χ1v) is 7.76. The summed E-state index contributed by atoms with van der Waals surface area (Å²) in [4.78, 5) is 12.2. The Morgan fingerprint density at radius 2 is 1.86 bits per heavy atom. The lowest BCUT2D eigenvalue weighted by Gasteiger charge is -2.26. The average molecular weight is 370 g/mol. The number of halogens is 3. The minimum atomic E-state index is -1.67. The lowest BCUT2D eigenvalue weighted by Crippen LogP contribution is -2.53. The maximum absolute atomic E-state index is 12.2. The molecule has 5 nitrogen and oxygen atoms in total. The van der Waals surface area contributed by atoms with Crippen LogP contribution in [0.4, 0.5) is 0 Å². The van der Waals surface area contributed by atoms with E-state index in [-0.39, 0.29) is 5.91 Å². The summed E-state index contributed by atoms with van der Waals surface area (Å²) in [6.45, 7) is 1.11. The maximum atomic E-state index is 12.2. The fourth-order valence-electron chi connectivity index (χ4n) is 1.67. The molecular weight excluding hydrogens is 351 g/mol. The summed E-state index contributed by atoms with van der Waals surface area (Å²) in [5.41, 5.74) is 0.443. The number of rotatable bonds is 8. The minimum absolute atomic E-state index is 0.349. The third kappa shape index (κ3) is 6.58. The highest BCUT2D eigenvalue weighted by Gasteiger charge is 2.33. The van der Waals surface area contributed by atoms with Gasteiger partial charge in [0.1, 0.15) is 11.9 Å². The van der Waals surface area contributed by atoms with E-state index in [1.54, 1.807) is 38.5 Å². The van der Waals surface area contributed by atoms with E-state index in [1.807, 2.05) is 0 Å². The van der Waals surface area contributed by atoms with E-state index in [2.05, 4.69) is 10.6 Å². The number of ether oxygens (including phenoxy) is 2. The molecule has 0 aliphatic heterocycles. The molecule has 0 aromatic heterocycles. The predicted molar refractivity (Wildman–Crippen MR) is 89.0 cm³/mol. The average Bonchev–Trinajstić information content (AvgIpc) is 2.49. The summed E-state index contributed by atoms with van der Waals surface area (Å²) in [7, 11) is 3.16. The third-order valence-electron chi connectivity index (χ3n) is 2.83. The minimum Gasteiger partial charge on any atom is -0.497 e. The fraction of sp³-hybridized carbons (Fsp3) is 0.500. The van der Waals surface area contributed by atoms with Crippen LogP contribution in [0.15, 0.2) is 24.3 Å². The van der Waals surface area contributed by atoms with E-state index in [0.29, 0.717) is 24.5 Å². The molecule has 0 heterocycles. The van der Waals surface area contributed by atoms with E-state index < -0.39 is 9.96 Å². The SMILES string of the molecule is COCCCN[C@H](NC(=O)c1ccc(OC)cc1)C(Cl)(Cl)Cl. The standard InChI is InChI=1S/C14H19Cl3N2O3/c1-21-9-3-8-18-13(14(15,16)17)19-12(20)10-4-6-11(22-2)7-5-10/h4-7,13,18H,3,8-9H2,1-2H3,(H,19,20)/t13-/m1/s1. The van der Waals surface area contributed by atoms with Crippen molar-refractivity contribution in [2.75, 3.05) is 27.4 Å². The third-order valence-corrected chi connectivity index (χ3v) is 3.48. The monoisotopic (exact) mass is 368 g/mol. The van der Waals surface area contributed by atoms with Gasteiger partial charge >= 0.3 is 0 Å². The molecule has 0 aliphatic carbocycles. The second-order valence-corrected chi connectivity index (χ2v) is 6.85. The number of alkyl halides is 3. The number of amides is 1. The molecule has 0 saturated carbocycles. The van der Waals surface area contributed by atoms with Gasteiger partial charge in [-0.15, -0.1) is 0 Å². The largest absolute Gasteiger partial charge is 0.497 e. The first kappa shape index (κ1) is 19.3. The summed E-state index contributed by atoms with van der Waals surface area (Å²) in [5, 5.41) is 5.65. The van der Waals surface area contributed by atoms with Crippen molar-refractivity contribution < 1.29 is 14.3 Å². The summed E-state index contributed by atoms with van der Waals surface area (Å²) in [5.74, 6) is 0.311. The number of carbonyl (C=O) groups excluding carboxylic acids is 1. The molecule has 1 atom stereocenters. The van der Waals surface area contributed by atoms with Crippen LogP contribution in [0.3, 0.4) is 0 Å². The molecule has 124 valence electrons. The Kier molecular flexibility index (Phi) is 8.28. The number of hydrogen-bond acceptors (Lipinski definition) is 4. The first-order chi connectivity index (χ1) is 10.4. The molecule has 0 aliphatic rings. The van der Waals surface area contributed by atoms with Crippen LogP contribution in [0, 0.1) is 0 Å². The van der Waals surface area contributed by atoms with Gasteiger partial charge in [-0.05, 0) is 37.2 Å².